The molecule has 0 unspecified atom stereocenters. The fraction of sp³-hybridized carbons (Fsp3) is 0. The molecule has 1 aromatic heterocycles. The van der Waals surface area contributed by atoms with Crippen molar-refractivity contribution in [1.29, 1.82) is 0 Å². The van der Waals surface area contributed by atoms with Gasteiger partial charge < -0.3 is 17.3 Å². The fourth-order valence-electron chi connectivity index (χ4n) is 1.59. The molecule has 3 aromatic rings. The van der Waals surface area contributed by atoms with Crippen molar-refractivity contribution < 1.29 is 21.8 Å². The van der Waals surface area contributed by atoms with Crippen LogP contribution in [0.25, 0.3) is 21.2 Å². The zero-order valence-electron chi connectivity index (χ0n) is 11.1. The van der Waals surface area contributed by atoms with Crippen molar-refractivity contribution in [2.45, 2.75) is 0 Å². The van der Waals surface area contributed by atoms with E-state index >= 15 is 0 Å². The lowest BCUT2D eigenvalue weighted by Gasteiger charge is -1.94. The van der Waals surface area contributed by atoms with Gasteiger partial charge in [0, 0.05) is 5.56 Å². The lowest BCUT2D eigenvalue weighted by Crippen LogP contribution is -2.02. The van der Waals surface area contributed by atoms with Crippen molar-refractivity contribution in [2.24, 2.45) is 0 Å². The molecule has 114 valence electrons. The van der Waals surface area contributed by atoms with E-state index in [9.17, 15) is 17.3 Å². The van der Waals surface area contributed by atoms with E-state index in [4.69, 9.17) is 4.52 Å². The van der Waals surface area contributed by atoms with Crippen molar-refractivity contribution in [3.8, 4) is 21.2 Å². The Morgan fingerprint density at radius 2 is 1.23 bits per heavy atom. The summed E-state index contributed by atoms with van der Waals surface area (Å²) < 4.78 is 44.4. The minimum Gasteiger partial charge on any atom is -0.418 e. The number of aromatic nitrogens is 1. The predicted octanol–water partition coefficient (Wildman–Crippen LogP) is 5.65. The summed E-state index contributed by atoms with van der Waals surface area (Å²) in [5.41, 5.74) is 2.15. The summed E-state index contributed by atoms with van der Waals surface area (Å²) in [4.78, 5) is 0. The van der Waals surface area contributed by atoms with Crippen molar-refractivity contribution in [3.05, 3.63) is 60.7 Å². The van der Waals surface area contributed by atoms with Crippen LogP contribution in [0.15, 0.2) is 65.2 Å². The second-order valence-corrected chi connectivity index (χ2v) is 5.07. The molecule has 0 saturated heterocycles. The molecule has 0 N–H and O–H groups in total. The molecule has 1 heterocycles. The van der Waals surface area contributed by atoms with E-state index in [-0.39, 0.29) is 0 Å². The molecule has 2 aromatic carbocycles. The summed E-state index contributed by atoms with van der Waals surface area (Å²) in [6, 6.07) is 20.1. The van der Waals surface area contributed by atoms with Crippen LogP contribution in [0.3, 0.4) is 0 Å². The SMILES string of the molecule is F[B-](F)(F)F.c1ccc(-c2n[o+]c(-c3ccccc3)s2)cc1. The fourth-order valence-corrected chi connectivity index (χ4v) is 2.42. The van der Waals surface area contributed by atoms with Crippen LogP contribution in [0.1, 0.15) is 0 Å². The van der Waals surface area contributed by atoms with Crippen LogP contribution in [0, 0.1) is 0 Å². The first-order chi connectivity index (χ1) is 10.4. The zero-order chi connectivity index (χ0) is 16.0. The summed E-state index contributed by atoms with van der Waals surface area (Å²) in [6.45, 7) is 0. The van der Waals surface area contributed by atoms with Gasteiger partial charge >= 0.3 is 12.3 Å². The Balaban J connectivity index is 0.000000309. The van der Waals surface area contributed by atoms with Gasteiger partial charge in [-0.25, -0.2) is 0 Å². The highest BCUT2D eigenvalue weighted by Gasteiger charge is 2.21. The Morgan fingerprint density at radius 3 is 1.73 bits per heavy atom. The van der Waals surface area contributed by atoms with Crippen LogP contribution >= 0.6 is 11.3 Å². The van der Waals surface area contributed by atoms with Crippen LogP contribution in [0.2, 0.25) is 0 Å². The number of benzene rings is 2. The molecule has 0 spiro atoms. The predicted molar refractivity (Wildman–Crippen MR) is 79.8 cm³/mol. The molecule has 0 saturated carbocycles. The summed E-state index contributed by atoms with van der Waals surface area (Å²) >= 11 is 1.56. The zero-order valence-corrected chi connectivity index (χ0v) is 11.9. The van der Waals surface area contributed by atoms with E-state index in [0.717, 1.165) is 21.2 Å². The van der Waals surface area contributed by atoms with Gasteiger partial charge in [0.15, 0.2) is 5.16 Å². The van der Waals surface area contributed by atoms with Gasteiger partial charge in [-0.05, 0) is 23.5 Å². The first kappa shape index (κ1) is 16.2. The average molecular weight is 327 g/mol. The van der Waals surface area contributed by atoms with Crippen LogP contribution < -0.4 is 0 Å². The van der Waals surface area contributed by atoms with E-state index in [1.165, 1.54) is 0 Å². The number of hydrogen-bond donors (Lipinski definition) is 0. The average Bonchev–Trinajstić information content (AvgIpc) is 2.97. The molecule has 22 heavy (non-hydrogen) atoms. The van der Waals surface area contributed by atoms with Gasteiger partial charge in [-0.2, -0.15) is 0 Å². The second-order valence-electron chi connectivity index (χ2n) is 4.10. The molecule has 2 nitrogen and oxygen atoms in total. The second kappa shape index (κ2) is 7.17. The van der Waals surface area contributed by atoms with Gasteiger partial charge in [-0.3, -0.25) is 0 Å². The first-order valence-corrected chi connectivity index (χ1v) is 7.03. The monoisotopic (exact) mass is 327 g/mol. The van der Waals surface area contributed by atoms with E-state index < -0.39 is 7.25 Å². The molecular formula is C14H10BF4NOS. The standard InChI is InChI=1S/C14H10NOS.BF4/c1-3-7-11(8-4-1)13-15-16-14(17-13)12-9-5-2-6-10-12;2-1(3,4)5/h1-10H;/q+1;-1. The van der Waals surface area contributed by atoms with E-state index in [1.54, 1.807) is 11.3 Å². The van der Waals surface area contributed by atoms with Gasteiger partial charge in [-0.15, -0.1) is 0 Å². The molecule has 0 aliphatic rings. The topological polar surface area (TPSA) is 24.2 Å². The number of hydrogen-bond acceptors (Lipinski definition) is 2. The van der Waals surface area contributed by atoms with Crippen LogP contribution in [-0.2, 0) is 0 Å². The van der Waals surface area contributed by atoms with Gasteiger partial charge in [0.2, 0.25) is 5.01 Å². The molecule has 3 rings (SSSR count). The Kier molecular flexibility index (Phi) is 5.27. The van der Waals surface area contributed by atoms with Gasteiger partial charge in [0.05, 0.1) is 5.56 Å². The molecule has 0 aliphatic heterocycles. The molecule has 0 radical (unpaired) electrons. The number of rotatable bonds is 2. The highest BCUT2D eigenvalue weighted by Crippen LogP contribution is 2.31. The third-order valence-electron chi connectivity index (χ3n) is 2.43. The molecule has 8 heteroatoms. The number of halogens is 4. The summed E-state index contributed by atoms with van der Waals surface area (Å²) in [5, 5.41) is 5.85. The largest absolute Gasteiger partial charge is 0.673 e. The lowest BCUT2D eigenvalue weighted by atomic mass is 10.2. The van der Waals surface area contributed by atoms with Crippen LogP contribution in [0.5, 0.6) is 0 Å². The Hall–Kier alpha value is -2.22. The highest BCUT2D eigenvalue weighted by atomic mass is 32.1. The van der Waals surface area contributed by atoms with Crippen molar-refractivity contribution in [2.75, 3.05) is 0 Å². The van der Waals surface area contributed by atoms with Gasteiger partial charge in [-0.1, -0.05) is 53.1 Å². The third kappa shape index (κ3) is 5.29. The third-order valence-corrected chi connectivity index (χ3v) is 3.43. The maximum Gasteiger partial charge on any atom is 0.673 e. The van der Waals surface area contributed by atoms with Crippen molar-refractivity contribution in [1.82, 2.24) is 5.16 Å². The highest BCUT2D eigenvalue weighted by molar-refractivity contribution is 7.17. The number of nitrogens with zero attached hydrogens (tertiary/aromatic N) is 1. The van der Waals surface area contributed by atoms with Gasteiger partial charge in [0.25, 0.3) is 0 Å². The lowest BCUT2D eigenvalue weighted by molar-refractivity contribution is 0.368. The summed E-state index contributed by atoms with van der Waals surface area (Å²) in [7, 11) is -6.00. The quantitative estimate of drug-likeness (QED) is 0.345. The minimum absolute atomic E-state index is 0.837. The van der Waals surface area contributed by atoms with E-state index in [0.29, 0.717) is 0 Å². The smallest absolute Gasteiger partial charge is 0.418 e. The molecule has 0 aliphatic carbocycles. The van der Waals surface area contributed by atoms with Gasteiger partial charge in [0.1, 0.15) is 0 Å². The maximum absolute atomic E-state index is 9.75. The van der Waals surface area contributed by atoms with E-state index in [2.05, 4.69) is 5.16 Å². The molecule has 0 atom stereocenters. The first-order valence-electron chi connectivity index (χ1n) is 6.21. The normalized spacial score (nSPS) is 10.7. The maximum atomic E-state index is 9.75. The molecule has 0 fully saturated rings. The minimum atomic E-state index is -6.00. The Bertz CT molecular complexity index is 644. The van der Waals surface area contributed by atoms with E-state index in [1.807, 2.05) is 60.7 Å². The molecule has 0 amide bonds. The Labute approximate surface area is 128 Å². The Morgan fingerprint density at radius 1 is 0.773 bits per heavy atom. The van der Waals surface area contributed by atoms with Crippen molar-refractivity contribution in [3.63, 3.8) is 0 Å². The summed E-state index contributed by atoms with van der Waals surface area (Å²) in [6.07, 6.45) is 0. The molecular weight excluding hydrogens is 317 g/mol. The molecule has 0 bridgehead atoms. The summed E-state index contributed by atoms with van der Waals surface area (Å²) in [5.74, 6) is 0. The van der Waals surface area contributed by atoms with Crippen molar-refractivity contribution >= 4 is 18.6 Å². The van der Waals surface area contributed by atoms with Crippen LogP contribution in [-0.4, -0.2) is 12.4 Å². The van der Waals surface area contributed by atoms with Crippen LogP contribution in [0.4, 0.5) is 17.3 Å².